The predicted molar refractivity (Wildman–Crippen MR) is 185 cm³/mol. The number of nitrogens with zero attached hydrogens (tertiary/aromatic N) is 4. The number of aromatic nitrogens is 3. The Morgan fingerprint density at radius 1 is 1.15 bits per heavy atom. The first-order valence-corrected chi connectivity index (χ1v) is 19.6. The number of allylic oxidation sites excluding steroid dienone is 3. The van der Waals surface area contributed by atoms with E-state index in [1.807, 2.05) is 79.6 Å². The zero-order valence-electron chi connectivity index (χ0n) is 27.8. The van der Waals surface area contributed by atoms with Crippen LogP contribution in [0.1, 0.15) is 69.7 Å². The molecule has 1 aromatic heterocycles. The van der Waals surface area contributed by atoms with E-state index in [1.54, 1.807) is 4.68 Å². The Kier molecular flexibility index (Phi) is 10.4. The molecule has 1 fully saturated rings. The number of fused-ring (bicyclic) bond motifs is 2. The summed E-state index contributed by atoms with van der Waals surface area (Å²) in [5, 5.41) is 19.4. The van der Waals surface area contributed by atoms with Gasteiger partial charge < -0.3 is 19.5 Å². The van der Waals surface area contributed by atoms with Crippen LogP contribution in [0.5, 0.6) is 0 Å². The highest BCUT2D eigenvalue weighted by Gasteiger charge is 2.66. The summed E-state index contributed by atoms with van der Waals surface area (Å²) in [4.78, 5) is 28.0. The Bertz CT molecular complexity index is 1600. The zero-order chi connectivity index (χ0) is 33.2. The van der Waals surface area contributed by atoms with Crippen molar-refractivity contribution >= 4 is 31.5 Å². The van der Waals surface area contributed by atoms with Crippen LogP contribution >= 0.6 is 11.6 Å². The number of carbonyl (C=O) groups is 1. The van der Waals surface area contributed by atoms with E-state index < -0.39 is 13.9 Å². The summed E-state index contributed by atoms with van der Waals surface area (Å²) in [6.07, 6.45) is 8.28. The van der Waals surface area contributed by atoms with E-state index >= 15 is 0 Å². The molecule has 1 amide bonds. The number of rotatable bonds is 12. The van der Waals surface area contributed by atoms with E-state index in [1.165, 1.54) is 11.1 Å². The van der Waals surface area contributed by atoms with Crippen molar-refractivity contribution in [2.45, 2.75) is 89.8 Å². The first-order valence-electron chi connectivity index (χ1n) is 16.2. The largest absolute Gasteiger partial charge is 0.432 e. The summed E-state index contributed by atoms with van der Waals surface area (Å²) in [5.41, 5.74) is 4.32. The van der Waals surface area contributed by atoms with Crippen LogP contribution in [0.25, 0.3) is 0 Å². The highest BCUT2D eigenvalue weighted by atomic mass is 35.5. The van der Waals surface area contributed by atoms with Gasteiger partial charge in [0.2, 0.25) is 0 Å². The molecule has 2 aromatic carbocycles. The molecule has 2 aliphatic heterocycles. The molecule has 5 atom stereocenters. The van der Waals surface area contributed by atoms with E-state index in [0.29, 0.717) is 30.2 Å². The van der Waals surface area contributed by atoms with Crippen LogP contribution in [-0.2, 0) is 21.7 Å². The minimum absolute atomic E-state index is 0.0778. The molecule has 0 bridgehead atoms. The normalized spacial score (nSPS) is 23.7. The maximum atomic E-state index is 14.6. The second-order valence-electron chi connectivity index (χ2n) is 13.6. The van der Waals surface area contributed by atoms with E-state index in [0.717, 1.165) is 29.7 Å². The van der Waals surface area contributed by atoms with Crippen molar-refractivity contribution < 1.29 is 19.4 Å². The molecule has 0 saturated carbocycles. The number of ether oxygens (including phenoxy) is 1. The highest BCUT2D eigenvalue weighted by molar-refractivity contribution is 6.71. The van der Waals surface area contributed by atoms with Gasteiger partial charge in [-0.25, -0.2) is 0 Å². The molecule has 0 radical (unpaired) electrons. The second-order valence-corrected chi connectivity index (χ2v) is 18.1. The third-order valence-corrected chi connectivity index (χ3v) is 12.3. The van der Waals surface area contributed by atoms with Crippen LogP contribution in [-0.4, -0.2) is 58.4 Å². The fraction of sp³-hybridized carbons (Fsp3) is 0.472. The average Bonchev–Trinajstić information content (AvgIpc) is 3.65. The molecule has 0 aliphatic carbocycles. The van der Waals surface area contributed by atoms with Gasteiger partial charge in [0, 0.05) is 41.3 Å². The fourth-order valence-corrected chi connectivity index (χ4v) is 10.1. The SMILES string of the molecule is CC(C)=CCC/C(C)=C/CN1C(=O)[C@@]2(O[C@@H](CCn3cc(C(CO)c4ccccc4)nn3)[C@H]([Si](C)(C)O)[C@H]2C)c2cc(Cl)ccc21. The number of benzene rings is 2. The topological polar surface area (TPSA) is 101 Å². The van der Waals surface area contributed by atoms with Crippen molar-refractivity contribution in [3.8, 4) is 0 Å². The van der Waals surface area contributed by atoms with Crippen LogP contribution in [0.4, 0.5) is 5.69 Å². The smallest absolute Gasteiger partial charge is 0.264 e. The molecule has 3 aromatic rings. The van der Waals surface area contributed by atoms with E-state index in [2.05, 4.69) is 43.2 Å². The van der Waals surface area contributed by atoms with Gasteiger partial charge in [0.25, 0.3) is 5.91 Å². The Labute approximate surface area is 278 Å². The number of aryl methyl sites for hydroxylation is 1. The third-order valence-electron chi connectivity index (χ3n) is 9.60. The van der Waals surface area contributed by atoms with Crippen molar-refractivity contribution in [2.24, 2.45) is 5.92 Å². The summed E-state index contributed by atoms with van der Waals surface area (Å²) in [6, 6.07) is 15.4. The first-order chi connectivity index (χ1) is 21.9. The van der Waals surface area contributed by atoms with Crippen LogP contribution in [0.15, 0.2) is 78.0 Å². The van der Waals surface area contributed by atoms with Crippen LogP contribution in [0, 0.1) is 5.92 Å². The average molecular weight is 663 g/mol. The second kappa shape index (κ2) is 14.0. The van der Waals surface area contributed by atoms with Crippen LogP contribution < -0.4 is 4.90 Å². The van der Waals surface area contributed by atoms with Crippen molar-refractivity contribution in [1.29, 1.82) is 0 Å². The highest BCUT2D eigenvalue weighted by Crippen LogP contribution is 2.60. The standard InChI is InChI=1S/C36H47ClN4O4Si/c1-24(2)11-10-12-25(3)17-20-41-32-16-15-28(37)21-30(32)36(35(41)43)26(4)34(46(5,6)44)33(45-36)18-19-40-22-31(38-39-40)29(23-42)27-13-8-7-9-14-27/h7-9,11,13-17,21-22,26,29,33-34,42,44H,10,12,18-20,23H2,1-6H3/b25-17+/t26-,29?,33+,34-,36+/m1/s1. The van der Waals surface area contributed by atoms with Gasteiger partial charge in [-0.3, -0.25) is 9.48 Å². The van der Waals surface area contributed by atoms with Gasteiger partial charge in [0.05, 0.1) is 30.0 Å². The molecule has 46 heavy (non-hydrogen) atoms. The summed E-state index contributed by atoms with van der Waals surface area (Å²) in [6.45, 7) is 13.1. The first kappa shape index (κ1) is 34.3. The summed E-state index contributed by atoms with van der Waals surface area (Å²) in [5.74, 6) is -0.649. The molecule has 3 heterocycles. The predicted octanol–water partition coefficient (Wildman–Crippen LogP) is 6.98. The van der Waals surface area contributed by atoms with Gasteiger partial charge in [-0.05, 0) is 76.9 Å². The maximum absolute atomic E-state index is 14.6. The molecule has 10 heteroatoms. The lowest BCUT2D eigenvalue weighted by molar-refractivity contribution is -0.145. The third kappa shape index (κ3) is 6.80. The minimum Gasteiger partial charge on any atom is -0.432 e. The van der Waals surface area contributed by atoms with E-state index in [-0.39, 0.29) is 36.0 Å². The molecule has 1 spiro atoms. The van der Waals surface area contributed by atoms with Gasteiger partial charge in [0.15, 0.2) is 13.9 Å². The molecule has 246 valence electrons. The monoisotopic (exact) mass is 662 g/mol. The van der Waals surface area contributed by atoms with Crippen LogP contribution in [0.3, 0.4) is 0 Å². The van der Waals surface area contributed by atoms with Gasteiger partial charge in [-0.2, -0.15) is 0 Å². The number of anilines is 1. The zero-order valence-corrected chi connectivity index (χ0v) is 29.5. The molecule has 2 aliphatic rings. The lowest BCUT2D eigenvalue weighted by Gasteiger charge is -2.32. The van der Waals surface area contributed by atoms with Crippen molar-refractivity contribution in [1.82, 2.24) is 15.0 Å². The Balaban J connectivity index is 1.41. The van der Waals surface area contributed by atoms with Crippen molar-refractivity contribution in [2.75, 3.05) is 18.1 Å². The lowest BCUT2D eigenvalue weighted by atomic mass is 9.82. The van der Waals surface area contributed by atoms with Gasteiger partial charge in [-0.1, -0.05) is 77.4 Å². The molecule has 1 saturated heterocycles. The molecule has 1 unspecified atom stereocenters. The Hall–Kier alpha value is -3.08. The van der Waals surface area contributed by atoms with Gasteiger partial charge >= 0.3 is 0 Å². The Morgan fingerprint density at radius 2 is 1.89 bits per heavy atom. The number of halogens is 1. The van der Waals surface area contributed by atoms with E-state index in [9.17, 15) is 14.7 Å². The number of aliphatic hydroxyl groups excluding tert-OH is 1. The number of amides is 1. The van der Waals surface area contributed by atoms with E-state index in [4.69, 9.17) is 16.3 Å². The molecule has 8 nitrogen and oxygen atoms in total. The maximum Gasteiger partial charge on any atom is 0.264 e. The van der Waals surface area contributed by atoms with Gasteiger partial charge in [-0.15, -0.1) is 5.10 Å². The fourth-order valence-electron chi connectivity index (χ4n) is 7.34. The summed E-state index contributed by atoms with van der Waals surface area (Å²) < 4.78 is 8.71. The number of hydrogen-bond acceptors (Lipinski definition) is 6. The summed E-state index contributed by atoms with van der Waals surface area (Å²) in [7, 11) is -2.82. The number of carbonyl (C=O) groups excluding carboxylic acids is 1. The Morgan fingerprint density at radius 3 is 2.57 bits per heavy atom. The van der Waals surface area contributed by atoms with Crippen molar-refractivity contribution in [3.63, 3.8) is 0 Å². The van der Waals surface area contributed by atoms with Crippen molar-refractivity contribution in [3.05, 3.63) is 99.9 Å². The molecular formula is C36H47ClN4O4Si. The molecular weight excluding hydrogens is 616 g/mol. The number of hydrogen-bond donors (Lipinski definition) is 2. The quantitative estimate of drug-likeness (QED) is 0.160. The molecule has 5 rings (SSSR count). The van der Waals surface area contributed by atoms with Gasteiger partial charge in [0.1, 0.15) is 0 Å². The number of aliphatic hydroxyl groups is 1. The molecule has 2 N–H and O–H groups in total. The summed E-state index contributed by atoms with van der Waals surface area (Å²) >= 11 is 6.55. The lowest BCUT2D eigenvalue weighted by Crippen LogP contribution is -2.46. The van der Waals surface area contributed by atoms with Crippen LogP contribution in [0.2, 0.25) is 23.7 Å². The minimum atomic E-state index is -2.82.